The van der Waals surface area contributed by atoms with E-state index < -0.39 is 0 Å². The number of carbonyl (C=O) groups excluding carboxylic acids is 2. The van der Waals surface area contributed by atoms with Crippen LogP contribution in [0.2, 0.25) is 0 Å². The van der Waals surface area contributed by atoms with Crippen molar-refractivity contribution in [3.8, 4) is 0 Å². The number of piperazine rings is 2. The molecule has 2 aliphatic heterocycles. The van der Waals surface area contributed by atoms with Crippen molar-refractivity contribution in [3.63, 3.8) is 0 Å². The summed E-state index contributed by atoms with van der Waals surface area (Å²) in [6.07, 6.45) is 0. The molecule has 6 nitrogen and oxygen atoms in total. The Morgan fingerprint density at radius 2 is 0.917 bits per heavy atom. The summed E-state index contributed by atoms with van der Waals surface area (Å²) in [5.74, 6) is 0.0235. The summed E-state index contributed by atoms with van der Waals surface area (Å²) in [5.41, 5.74) is 3.53. The first kappa shape index (κ1) is 24.2. The molecule has 2 unspecified atom stereocenters. The zero-order valence-corrected chi connectivity index (χ0v) is 21.1. The van der Waals surface area contributed by atoms with E-state index in [0.29, 0.717) is 24.2 Å². The Morgan fingerprint density at radius 3 is 1.28 bits per heavy atom. The second kappa shape index (κ2) is 10.6. The summed E-state index contributed by atoms with van der Waals surface area (Å²) >= 11 is 0. The Labute approximate surface area is 213 Å². The van der Waals surface area contributed by atoms with Crippen molar-refractivity contribution in [1.29, 1.82) is 0 Å². The van der Waals surface area contributed by atoms with Crippen LogP contribution < -0.4 is 0 Å². The van der Waals surface area contributed by atoms with Crippen molar-refractivity contribution in [2.45, 2.75) is 12.1 Å². The second-order valence-corrected chi connectivity index (χ2v) is 9.95. The zero-order chi connectivity index (χ0) is 25.1. The summed E-state index contributed by atoms with van der Waals surface area (Å²) in [6.45, 7) is 4.64. The van der Waals surface area contributed by atoms with Crippen LogP contribution in [0.3, 0.4) is 0 Å². The molecule has 6 heteroatoms. The molecule has 3 aromatic carbocycles. The van der Waals surface area contributed by atoms with Gasteiger partial charge in [-0.2, -0.15) is 0 Å². The largest absolute Gasteiger partial charge is 0.329 e. The molecular weight excluding hydrogens is 448 g/mol. The maximum Gasteiger partial charge on any atom is 0.254 e. The molecule has 2 heterocycles. The third-order valence-electron chi connectivity index (χ3n) is 7.44. The summed E-state index contributed by atoms with van der Waals surface area (Å²) < 4.78 is 0. The number of likely N-dealkylation sites (N-methyl/N-ethyl adjacent to an activating group) is 2. The average molecular weight is 483 g/mol. The first-order valence-corrected chi connectivity index (χ1v) is 12.7. The van der Waals surface area contributed by atoms with E-state index in [1.165, 1.54) is 0 Å². The predicted octanol–water partition coefficient (Wildman–Crippen LogP) is 3.94. The van der Waals surface area contributed by atoms with E-state index in [2.05, 4.69) is 48.2 Å². The number of hydrogen-bond acceptors (Lipinski definition) is 4. The van der Waals surface area contributed by atoms with Crippen LogP contribution in [0.25, 0.3) is 0 Å². The van der Waals surface area contributed by atoms with Crippen LogP contribution >= 0.6 is 0 Å². The quantitative estimate of drug-likeness (QED) is 0.565. The van der Waals surface area contributed by atoms with Gasteiger partial charge in [-0.1, -0.05) is 60.7 Å². The number of benzene rings is 3. The fourth-order valence-corrected chi connectivity index (χ4v) is 5.33. The normalized spacial score (nSPS) is 21.4. The molecule has 0 N–H and O–H groups in total. The molecule has 2 amide bonds. The van der Waals surface area contributed by atoms with Gasteiger partial charge in [-0.15, -0.1) is 0 Å². The summed E-state index contributed by atoms with van der Waals surface area (Å²) in [6, 6.07) is 27.7. The number of nitrogens with zero attached hydrogens (tertiary/aromatic N) is 4. The molecule has 2 fully saturated rings. The van der Waals surface area contributed by atoms with Crippen LogP contribution in [0, 0.1) is 0 Å². The molecule has 3 aromatic rings. The van der Waals surface area contributed by atoms with Crippen molar-refractivity contribution < 1.29 is 9.59 Å². The van der Waals surface area contributed by atoms with Gasteiger partial charge in [0.1, 0.15) is 0 Å². The van der Waals surface area contributed by atoms with Gasteiger partial charge in [0.25, 0.3) is 11.8 Å². The fraction of sp³-hybridized carbons (Fsp3) is 0.333. The lowest BCUT2D eigenvalue weighted by atomic mass is 10.00. The number of amides is 2. The van der Waals surface area contributed by atoms with Gasteiger partial charge in [0.2, 0.25) is 0 Å². The minimum Gasteiger partial charge on any atom is -0.329 e. The molecule has 0 radical (unpaired) electrons. The molecule has 2 saturated heterocycles. The molecular formula is C30H34N4O2. The highest BCUT2D eigenvalue weighted by atomic mass is 16.2. The third kappa shape index (κ3) is 5.06. The van der Waals surface area contributed by atoms with Gasteiger partial charge in [0.15, 0.2) is 0 Å². The second-order valence-electron chi connectivity index (χ2n) is 9.95. The van der Waals surface area contributed by atoms with Crippen molar-refractivity contribution in [2.75, 3.05) is 53.4 Å². The maximum absolute atomic E-state index is 13.6. The molecule has 2 aliphatic rings. The van der Waals surface area contributed by atoms with E-state index >= 15 is 0 Å². The van der Waals surface area contributed by atoms with Gasteiger partial charge >= 0.3 is 0 Å². The Balaban J connectivity index is 1.35. The Kier molecular flexibility index (Phi) is 7.16. The minimum absolute atomic E-state index is 0.00993. The van der Waals surface area contributed by atoms with Gasteiger partial charge in [0, 0.05) is 50.4 Å². The highest BCUT2D eigenvalue weighted by Gasteiger charge is 2.32. The lowest BCUT2D eigenvalue weighted by Gasteiger charge is -2.40. The van der Waals surface area contributed by atoms with Gasteiger partial charge in [-0.25, -0.2) is 0 Å². The number of carbonyl (C=O) groups is 2. The average Bonchev–Trinajstić information content (AvgIpc) is 2.93. The zero-order valence-electron chi connectivity index (χ0n) is 21.1. The van der Waals surface area contributed by atoms with E-state index in [0.717, 1.165) is 37.3 Å². The third-order valence-corrected chi connectivity index (χ3v) is 7.44. The Morgan fingerprint density at radius 1 is 0.556 bits per heavy atom. The van der Waals surface area contributed by atoms with Crippen LogP contribution in [0.1, 0.15) is 43.9 Å². The highest BCUT2D eigenvalue weighted by Crippen LogP contribution is 2.28. The van der Waals surface area contributed by atoms with Crippen LogP contribution in [-0.4, -0.2) is 84.8 Å². The first-order valence-electron chi connectivity index (χ1n) is 12.7. The summed E-state index contributed by atoms with van der Waals surface area (Å²) in [4.78, 5) is 35.6. The highest BCUT2D eigenvalue weighted by molar-refractivity contribution is 5.98. The number of rotatable bonds is 4. The van der Waals surface area contributed by atoms with Gasteiger partial charge in [0.05, 0.1) is 12.1 Å². The lowest BCUT2D eigenvalue weighted by molar-refractivity contribution is 0.0487. The lowest BCUT2D eigenvalue weighted by Crippen LogP contribution is -2.49. The molecule has 186 valence electrons. The van der Waals surface area contributed by atoms with Crippen molar-refractivity contribution >= 4 is 11.8 Å². The van der Waals surface area contributed by atoms with E-state index in [1.807, 2.05) is 70.5 Å². The fourth-order valence-electron chi connectivity index (χ4n) is 5.33. The van der Waals surface area contributed by atoms with Crippen molar-refractivity contribution in [3.05, 3.63) is 107 Å². The molecule has 5 rings (SSSR count). The van der Waals surface area contributed by atoms with E-state index in [9.17, 15) is 9.59 Å². The first-order chi connectivity index (χ1) is 17.5. The van der Waals surface area contributed by atoms with E-state index in [1.54, 1.807) is 0 Å². The minimum atomic E-state index is 0.00993. The Bertz CT molecular complexity index is 1090. The molecule has 0 aromatic heterocycles. The summed E-state index contributed by atoms with van der Waals surface area (Å²) in [7, 11) is 4.19. The molecule has 0 aliphatic carbocycles. The van der Waals surface area contributed by atoms with Crippen molar-refractivity contribution in [2.24, 2.45) is 0 Å². The molecule has 0 saturated carbocycles. The van der Waals surface area contributed by atoms with Gasteiger partial charge in [-0.05, 0) is 49.5 Å². The molecule has 36 heavy (non-hydrogen) atoms. The van der Waals surface area contributed by atoms with E-state index in [4.69, 9.17) is 0 Å². The van der Waals surface area contributed by atoms with Crippen LogP contribution in [0.15, 0.2) is 84.9 Å². The monoisotopic (exact) mass is 482 g/mol. The smallest absolute Gasteiger partial charge is 0.254 e. The predicted molar refractivity (Wildman–Crippen MR) is 142 cm³/mol. The van der Waals surface area contributed by atoms with Crippen LogP contribution in [0.5, 0.6) is 0 Å². The summed E-state index contributed by atoms with van der Waals surface area (Å²) in [5, 5.41) is 0. The molecule has 2 atom stereocenters. The molecule has 0 spiro atoms. The number of hydrogen-bond donors (Lipinski definition) is 0. The van der Waals surface area contributed by atoms with Crippen molar-refractivity contribution in [1.82, 2.24) is 19.6 Å². The van der Waals surface area contributed by atoms with E-state index in [-0.39, 0.29) is 23.9 Å². The standard InChI is InChI=1S/C30H34N4O2/c1-31-17-19-33(27(21-31)23-9-5-3-6-10-23)29(35)25-13-15-26(16-14-25)30(36)34-20-18-32(2)22-28(34)24-11-7-4-8-12-24/h3-16,27-28H,17-22H2,1-2H3. The molecule has 0 bridgehead atoms. The van der Waals surface area contributed by atoms with Crippen LogP contribution in [0.4, 0.5) is 0 Å². The maximum atomic E-state index is 13.6. The van der Waals surface area contributed by atoms with Gasteiger partial charge in [-0.3, -0.25) is 9.59 Å². The Hall–Kier alpha value is -3.48. The SMILES string of the molecule is CN1CCN(C(=O)c2ccc(C(=O)N3CCN(C)CC3c3ccccc3)cc2)C(c2ccccc2)C1. The van der Waals surface area contributed by atoms with Crippen LogP contribution in [-0.2, 0) is 0 Å². The van der Waals surface area contributed by atoms with Gasteiger partial charge < -0.3 is 19.6 Å². The topological polar surface area (TPSA) is 47.1 Å².